The van der Waals surface area contributed by atoms with E-state index < -0.39 is 9.84 Å². The van der Waals surface area contributed by atoms with E-state index in [4.69, 9.17) is 9.72 Å². The predicted molar refractivity (Wildman–Crippen MR) is 105 cm³/mol. The molecule has 3 aromatic rings. The number of methoxy groups -OCH3 is 1. The summed E-state index contributed by atoms with van der Waals surface area (Å²) in [7, 11) is -1.56. The van der Waals surface area contributed by atoms with Crippen LogP contribution in [0.4, 0.5) is 0 Å². The molecule has 0 bridgehead atoms. The number of hydrogen-bond donors (Lipinski definition) is 0. The van der Waals surface area contributed by atoms with Crippen LogP contribution in [-0.2, 0) is 22.7 Å². The first-order chi connectivity index (χ1) is 13.0. The number of benzene rings is 2. The Bertz CT molecular complexity index is 1070. The second-order valence-electron chi connectivity index (χ2n) is 6.87. The van der Waals surface area contributed by atoms with Gasteiger partial charge in [-0.3, -0.25) is 4.57 Å². The Hall–Kier alpha value is -2.60. The molecular weight excluding hydrogens is 360 g/mol. The van der Waals surface area contributed by atoms with E-state index in [1.807, 2.05) is 36.4 Å². The minimum absolute atomic E-state index is 0.318. The first-order valence-corrected chi connectivity index (χ1v) is 10.9. The SMILES string of the molecule is COc1ccc(-n2c(-c3ccc(S(C)(=O)=O)cc3)nc3c2CCCC3)cc1. The molecule has 0 fully saturated rings. The molecule has 0 atom stereocenters. The zero-order valence-corrected chi connectivity index (χ0v) is 16.3. The van der Waals surface area contributed by atoms with Crippen LogP contribution in [0.2, 0.25) is 0 Å². The summed E-state index contributed by atoms with van der Waals surface area (Å²) in [6.07, 6.45) is 5.50. The molecule has 1 aliphatic rings. The monoisotopic (exact) mass is 382 g/mol. The van der Waals surface area contributed by atoms with Crippen LogP contribution in [-0.4, -0.2) is 31.3 Å². The number of nitrogens with zero attached hydrogens (tertiary/aromatic N) is 2. The van der Waals surface area contributed by atoms with Gasteiger partial charge in [0.05, 0.1) is 17.7 Å². The highest BCUT2D eigenvalue weighted by atomic mass is 32.2. The van der Waals surface area contributed by atoms with E-state index >= 15 is 0 Å². The van der Waals surface area contributed by atoms with Crippen molar-refractivity contribution < 1.29 is 13.2 Å². The zero-order valence-electron chi connectivity index (χ0n) is 15.5. The van der Waals surface area contributed by atoms with Gasteiger partial charge in [0.1, 0.15) is 11.6 Å². The van der Waals surface area contributed by atoms with Crippen molar-refractivity contribution in [2.45, 2.75) is 30.6 Å². The summed E-state index contributed by atoms with van der Waals surface area (Å²) in [5.74, 6) is 1.67. The fraction of sp³-hybridized carbons (Fsp3) is 0.286. The Morgan fingerprint density at radius 1 is 0.963 bits per heavy atom. The Balaban J connectivity index is 1.86. The molecule has 1 heterocycles. The molecule has 0 saturated carbocycles. The van der Waals surface area contributed by atoms with Crippen LogP contribution < -0.4 is 4.74 Å². The van der Waals surface area contributed by atoms with Gasteiger partial charge in [-0.1, -0.05) is 0 Å². The fourth-order valence-corrected chi connectivity index (χ4v) is 4.23. The molecule has 1 aromatic heterocycles. The molecule has 0 radical (unpaired) electrons. The minimum atomic E-state index is -3.22. The van der Waals surface area contributed by atoms with E-state index in [0.717, 1.165) is 54.2 Å². The first-order valence-electron chi connectivity index (χ1n) is 9.03. The molecule has 27 heavy (non-hydrogen) atoms. The molecule has 0 amide bonds. The highest BCUT2D eigenvalue weighted by molar-refractivity contribution is 7.90. The maximum Gasteiger partial charge on any atom is 0.175 e. The van der Waals surface area contributed by atoms with Crippen LogP contribution in [0.15, 0.2) is 53.4 Å². The van der Waals surface area contributed by atoms with E-state index in [1.54, 1.807) is 19.2 Å². The van der Waals surface area contributed by atoms with Gasteiger partial charge in [0.25, 0.3) is 0 Å². The van der Waals surface area contributed by atoms with Crippen molar-refractivity contribution in [3.63, 3.8) is 0 Å². The summed E-state index contributed by atoms with van der Waals surface area (Å²) >= 11 is 0. The highest BCUT2D eigenvalue weighted by Crippen LogP contribution is 2.32. The largest absolute Gasteiger partial charge is 0.497 e. The maximum absolute atomic E-state index is 11.8. The Kier molecular flexibility index (Phi) is 4.52. The third-order valence-corrected chi connectivity index (χ3v) is 6.13. The molecular formula is C21H22N2O3S. The van der Waals surface area contributed by atoms with Gasteiger partial charge >= 0.3 is 0 Å². The second kappa shape index (κ2) is 6.85. The Morgan fingerprint density at radius 2 is 1.63 bits per heavy atom. The van der Waals surface area contributed by atoms with Crippen LogP contribution in [0.3, 0.4) is 0 Å². The lowest BCUT2D eigenvalue weighted by atomic mass is 10.0. The van der Waals surface area contributed by atoms with E-state index in [-0.39, 0.29) is 0 Å². The molecule has 0 unspecified atom stereocenters. The number of sulfone groups is 1. The quantitative estimate of drug-likeness (QED) is 0.688. The number of rotatable bonds is 4. The Morgan fingerprint density at radius 3 is 2.26 bits per heavy atom. The molecule has 6 heteroatoms. The van der Waals surface area contributed by atoms with Crippen molar-refractivity contribution in [3.8, 4) is 22.8 Å². The third-order valence-electron chi connectivity index (χ3n) is 5.00. The van der Waals surface area contributed by atoms with Gasteiger partial charge in [-0.25, -0.2) is 13.4 Å². The topological polar surface area (TPSA) is 61.2 Å². The smallest absolute Gasteiger partial charge is 0.175 e. The summed E-state index contributed by atoms with van der Waals surface area (Å²) in [6.45, 7) is 0. The number of hydrogen-bond acceptors (Lipinski definition) is 4. The van der Waals surface area contributed by atoms with E-state index in [0.29, 0.717) is 4.90 Å². The number of aromatic nitrogens is 2. The first kappa shape index (κ1) is 17.8. The van der Waals surface area contributed by atoms with E-state index in [2.05, 4.69) is 4.57 Å². The average Bonchev–Trinajstić information content (AvgIpc) is 3.07. The summed E-state index contributed by atoms with van der Waals surface area (Å²) < 4.78 is 31.0. The second-order valence-corrected chi connectivity index (χ2v) is 8.88. The lowest BCUT2D eigenvalue weighted by Gasteiger charge is -2.16. The number of imidazole rings is 1. The normalized spacial score (nSPS) is 14.0. The van der Waals surface area contributed by atoms with E-state index in [9.17, 15) is 8.42 Å². The molecule has 5 nitrogen and oxygen atoms in total. The Labute approximate surface area is 159 Å². The summed E-state index contributed by atoms with van der Waals surface area (Å²) in [5, 5.41) is 0. The lowest BCUT2D eigenvalue weighted by Crippen LogP contribution is -2.07. The maximum atomic E-state index is 11.8. The van der Waals surface area contributed by atoms with Crippen molar-refractivity contribution in [1.29, 1.82) is 0 Å². The molecule has 2 aromatic carbocycles. The van der Waals surface area contributed by atoms with Gasteiger partial charge in [-0.15, -0.1) is 0 Å². The fourth-order valence-electron chi connectivity index (χ4n) is 3.59. The van der Waals surface area contributed by atoms with Crippen molar-refractivity contribution in [3.05, 3.63) is 59.9 Å². The third kappa shape index (κ3) is 3.37. The lowest BCUT2D eigenvalue weighted by molar-refractivity contribution is 0.414. The van der Waals surface area contributed by atoms with Crippen molar-refractivity contribution in [1.82, 2.24) is 9.55 Å². The van der Waals surface area contributed by atoms with Gasteiger partial charge in [0.2, 0.25) is 0 Å². The van der Waals surface area contributed by atoms with Gasteiger partial charge in [-0.05, 0) is 74.2 Å². The summed E-state index contributed by atoms with van der Waals surface area (Å²) in [4.78, 5) is 5.23. The van der Waals surface area contributed by atoms with Crippen molar-refractivity contribution in [2.24, 2.45) is 0 Å². The number of fused-ring (bicyclic) bond motifs is 1. The predicted octanol–water partition coefficient (Wildman–Crippen LogP) is 3.83. The van der Waals surface area contributed by atoms with Gasteiger partial charge in [-0.2, -0.15) is 0 Å². The average molecular weight is 382 g/mol. The highest BCUT2D eigenvalue weighted by Gasteiger charge is 2.22. The molecule has 1 aliphatic carbocycles. The van der Waals surface area contributed by atoms with Crippen LogP contribution in [0, 0.1) is 0 Å². The molecule has 0 N–H and O–H groups in total. The number of aryl methyl sites for hydroxylation is 1. The zero-order chi connectivity index (χ0) is 19.0. The van der Waals surface area contributed by atoms with Gasteiger partial charge < -0.3 is 4.74 Å². The molecule has 4 rings (SSSR count). The molecule has 0 saturated heterocycles. The van der Waals surface area contributed by atoms with E-state index in [1.165, 1.54) is 11.9 Å². The van der Waals surface area contributed by atoms with Crippen LogP contribution in [0.25, 0.3) is 17.1 Å². The van der Waals surface area contributed by atoms with Crippen molar-refractivity contribution in [2.75, 3.05) is 13.4 Å². The number of ether oxygens (including phenoxy) is 1. The summed E-state index contributed by atoms with van der Waals surface area (Å²) in [5.41, 5.74) is 4.33. The minimum Gasteiger partial charge on any atom is -0.497 e. The van der Waals surface area contributed by atoms with Crippen LogP contribution in [0.5, 0.6) is 5.75 Å². The van der Waals surface area contributed by atoms with Gasteiger partial charge in [0, 0.05) is 23.2 Å². The molecule has 0 aliphatic heterocycles. The van der Waals surface area contributed by atoms with Crippen LogP contribution in [0.1, 0.15) is 24.2 Å². The molecule has 0 spiro atoms. The van der Waals surface area contributed by atoms with Crippen molar-refractivity contribution >= 4 is 9.84 Å². The molecule has 140 valence electrons. The van der Waals surface area contributed by atoms with Crippen LogP contribution >= 0.6 is 0 Å². The standard InChI is InChI=1S/C21H22N2O3S/c1-26-17-11-9-16(10-12-17)23-20-6-4-3-5-19(20)22-21(23)15-7-13-18(14-8-15)27(2,24)25/h7-14H,3-6H2,1-2H3. The summed E-state index contributed by atoms with van der Waals surface area (Å²) in [6, 6.07) is 14.9. The van der Waals surface area contributed by atoms with Gasteiger partial charge in [0.15, 0.2) is 9.84 Å².